The van der Waals surface area contributed by atoms with E-state index in [1.54, 1.807) is 0 Å². The van der Waals surface area contributed by atoms with Gasteiger partial charge in [-0.15, -0.1) is 0 Å². The summed E-state index contributed by atoms with van der Waals surface area (Å²) in [5.41, 5.74) is 14.5. The molecule has 0 amide bonds. The Balaban J connectivity index is 2.36. The van der Waals surface area contributed by atoms with E-state index in [4.69, 9.17) is 0 Å². The van der Waals surface area contributed by atoms with Gasteiger partial charge in [-0.05, 0) is 47.9 Å². The number of nitrogens with one attached hydrogen (secondary N) is 2. The van der Waals surface area contributed by atoms with Crippen LogP contribution >= 0.6 is 0 Å². The molecule has 0 radical (unpaired) electrons. The zero-order valence-corrected chi connectivity index (χ0v) is 14.6. The van der Waals surface area contributed by atoms with E-state index >= 15 is 0 Å². The molecule has 0 aliphatic carbocycles. The summed E-state index contributed by atoms with van der Waals surface area (Å²) in [6.45, 7) is 13.2. The van der Waals surface area contributed by atoms with Crippen molar-refractivity contribution in [3.05, 3.63) is 58.7 Å². The minimum Gasteiger partial charge on any atom is -0.300 e. The van der Waals surface area contributed by atoms with E-state index in [2.05, 4.69) is 88.8 Å². The molecule has 0 bridgehead atoms. The van der Waals surface area contributed by atoms with Crippen LogP contribution in [-0.4, -0.2) is 0 Å². The van der Waals surface area contributed by atoms with Gasteiger partial charge in [0, 0.05) is 0 Å². The second-order valence-corrected chi connectivity index (χ2v) is 6.64. The van der Waals surface area contributed by atoms with Crippen LogP contribution in [0.1, 0.15) is 61.8 Å². The highest BCUT2D eigenvalue weighted by Gasteiger charge is 2.13. The summed E-state index contributed by atoms with van der Waals surface area (Å²) in [6.07, 6.45) is 0. The molecular weight excluding hydrogens is 268 g/mol. The second kappa shape index (κ2) is 6.87. The maximum atomic E-state index is 3.49. The van der Waals surface area contributed by atoms with Crippen LogP contribution in [0.2, 0.25) is 0 Å². The summed E-state index contributed by atoms with van der Waals surface area (Å²) in [5.74, 6) is 0.974. The number of aryl methyl sites for hydroxylation is 2. The fourth-order valence-electron chi connectivity index (χ4n) is 2.83. The predicted octanol–water partition coefficient (Wildman–Crippen LogP) is 5.99. The van der Waals surface area contributed by atoms with Crippen molar-refractivity contribution in [3.8, 4) is 0 Å². The second-order valence-electron chi connectivity index (χ2n) is 6.64. The van der Waals surface area contributed by atoms with Gasteiger partial charge in [-0.3, -0.25) is 0 Å². The van der Waals surface area contributed by atoms with Crippen molar-refractivity contribution >= 4 is 11.4 Å². The molecule has 0 aliphatic rings. The monoisotopic (exact) mass is 296 g/mol. The fourth-order valence-corrected chi connectivity index (χ4v) is 2.83. The molecule has 0 fully saturated rings. The summed E-state index contributed by atoms with van der Waals surface area (Å²) in [5, 5.41) is 0. The molecule has 0 atom stereocenters. The first-order valence-electron chi connectivity index (χ1n) is 8.12. The molecule has 0 aliphatic heterocycles. The van der Waals surface area contributed by atoms with E-state index in [0.717, 1.165) is 5.69 Å². The third-order valence-electron chi connectivity index (χ3n) is 4.17. The van der Waals surface area contributed by atoms with Crippen molar-refractivity contribution in [1.82, 2.24) is 0 Å². The minimum absolute atomic E-state index is 0.487. The zero-order valence-electron chi connectivity index (χ0n) is 14.6. The maximum absolute atomic E-state index is 3.49. The molecule has 2 aromatic rings. The van der Waals surface area contributed by atoms with E-state index in [-0.39, 0.29) is 0 Å². The van der Waals surface area contributed by atoms with Crippen LogP contribution in [0.25, 0.3) is 0 Å². The van der Waals surface area contributed by atoms with E-state index < -0.39 is 0 Å². The Hall–Kier alpha value is -1.96. The highest BCUT2D eigenvalue weighted by Crippen LogP contribution is 2.32. The number of hydrogen-bond donors (Lipinski definition) is 2. The molecule has 2 heteroatoms. The van der Waals surface area contributed by atoms with Gasteiger partial charge in [0.15, 0.2) is 0 Å². The Morgan fingerprint density at radius 2 is 1.05 bits per heavy atom. The van der Waals surface area contributed by atoms with E-state index in [1.807, 2.05) is 0 Å². The average molecular weight is 296 g/mol. The van der Waals surface area contributed by atoms with Crippen LogP contribution < -0.4 is 10.9 Å². The Morgan fingerprint density at radius 3 is 1.50 bits per heavy atom. The van der Waals surface area contributed by atoms with Crippen molar-refractivity contribution in [2.24, 2.45) is 0 Å². The standard InChI is InChI=1S/C20H28N2/c1-13(2)17-11-8-12-18(14(3)4)20(17)22-21-19-15(5)9-7-10-16(19)6/h7-14,21-22H,1-6H3. The van der Waals surface area contributed by atoms with Crippen molar-refractivity contribution in [1.29, 1.82) is 0 Å². The van der Waals surface area contributed by atoms with Crippen molar-refractivity contribution < 1.29 is 0 Å². The SMILES string of the molecule is Cc1cccc(C)c1NNc1c(C(C)C)cccc1C(C)C. The van der Waals surface area contributed by atoms with Crippen LogP contribution in [0.5, 0.6) is 0 Å². The van der Waals surface area contributed by atoms with Gasteiger partial charge in [0.25, 0.3) is 0 Å². The maximum Gasteiger partial charge on any atom is 0.0609 e. The molecule has 0 saturated heterocycles. The fraction of sp³-hybridized carbons (Fsp3) is 0.400. The normalized spacial score (nSPS) is 11.1. The molecule has 0 heterocycles. The van der Waals surface area contributed by atoms with Gasteiger partial charge in [0.05, 0.1) is 11.4 Å². The molecule has 2 rings (SSSR count). The lowest BCUT2D eigenvalue weighted by Gasteiger charge is -2.23. The smallest absolute Gasteiger partial charge is 0.0609 e. The number of hydrogen-bond acceptors (Lipinski definition) is 2. The van der Waals surface area contributed by atoms with Gasteiger partial charge in [0.1, 0.15) is 0 Å². The van der Waals surface area contributed by atoms with Gasteiger partial charge in [-0.1, -0.05) is 64.1 Å². The lowest BCUT2D eigenvalue weighted by atomic mass is 9.93. The molecule has 118 valence electrons. The van der Waals surface area contributed by atoms with Crippen LogP contribution in [0, 0.1) is 13.8 Å². The van der Waals surface area contributed by atoms with E-state index in [1.165, 1.54) is 27.9 Å². The van der Waals surface area contributed by atoms with Crippen molar-refractivity contribution in [2.45, 2.75) is 53.4 Å². The molecule has 0 aromatic heterocycles. The predicted molar refractivity (Wildman–Crippen MR) is 97.8 cm³/mol. The topological polar surface area (TPSA) is 24.1 Å². The highest BCUT2D eigenvalue weighted by atomic mass is 15.4. The number of anilines is 2. The molecule has 22 heavy (non-hydrogen) atoms. The van der Waals surface area contributed by atoms with E-state index in [9.17, 15) is 0 Å². The third kappa shape index (κ3) is 3.44. The van der Waals surface area contributed by atoms with Crippen LogP contribution in [0.4, 0.5) is 11.4 Å². The summed E-state index contributed by atoms with van der Waals surface area (Å²) >= 11 is 0. The molecule has 2 N–H and O–H groups in total. The molecular formula is C20H28N2. The summed E-state index contributed by atoms with van der Waals surface area (Å²) < 4.78 is 0. The first kappa shape index (κ1) is 16.4. The Morgan fingerprint density at radius 1 is 0.636 bits per heavy atom. The summed E-state index contributed by atoms with van der Waals surface area (Å²) in [4.78, 5) is 0. The number of benzene rings is 2. The third-order valence-corrected chi connectivity index (χ3v) is 4.17. The van der Waals surface area contributed by atoms with E-state index in [0.29, 0.717) is 11.8 Å². The van der Waals surface area contributed by atoms with Crippen LogP contribution in [0.3, 0.4) is 0 Å². The molecule has 2 aromatic carbocycles. The molecule has 0 saturated carbocycles. The summed E-state index contributed by atoms with van der Waals surface area (Å²) in [6, 6.07) is 13.0. The van der Waals surface area contributed by atoms with Crippen LogP contribution in [0.15, 0.2) is 36.4 Å². The van der Waals surface area contributed by atoms with Crippen molar-refractivity contribution in [3.63, 3.8) is 0 Å². The lowest BCUT2D eigenvalue weighted by Crippen LogP contribution is -2.15. The van der Waals surface area contributed by atoms with Gasteiger partial charge in [-0.25, -0.2) is 0 Å². The Bertz CT molecular complexity index is 596. The van der Waals surface area contributed by atoms with Gasteiger partial charge >= 0.3 is 0 Å². The quantitative estimate of drug-likeness (QED) is 0.662. The van der Waals surface area contributed by atoms with Gasteiger partial charge < -0.3 is 10.9 Å². The summed E-state index contributed by atoms with van der Waals surface area (Å²) in [7, 11) is 0. The minimum atomic E-state index is 0.487. The number of para-hydroxylation sites is 2. The van der Waals surface area contributed by atoms with Crippen LogP contribution in [-0.2, 0) is 0 Å². The molecule has 2 nitrogen and oxygen atoms in total. The highest BCUT2D eigenvalue weighted by molar-refractivity contribution is 5.66. The molecule has 0 unspecified atom stereocenters. The number of hydrazine groups is 1. The van der Waals surface area contributed by atoms with Crippen molar-refractivity contribution in [2.75, 3.05) is 10.9 Å². The first-order valence-corrected chi connectivity index (χ1v) is 8.12. The lowest BCUT2D eigenvalue weighted by molar-refractivity contribution is 0.836. The van der Waals surface area contributed by atoms with Gasteiger partial charge in [0.2, 0.25) is 0 Å². The first-order chi connectivity index (χ1) is 10.4. The number of rotatable bonds is 5. The zero-order chi connectivity index (χ0) is 16.3. The van der Waals surface area contributed by atoms with Gasteiger partial charge in [-0.2, -0.15) is 0 Å². The Kier molecular flexibility index (Phi) is 5.12. The Labute approximate surface area is 134 Å². The largest absolute Gasteiger partial charge is 0.300 e. The average Bonchev–Trinajstić information content (AvgIpc) is 2.46. The molecule has 0 spiro atoms.